The van der Waals surface area contributed by atoms with Crippen LogP contribution in [0.1, 0.15) is 44.7 Å². The molecule has 0 spiro atoms. The molecule has 2 unspecified atom stereocenters. The number of rotatable bonds is 2. The van der Waals surface area contributed by atoms with Crippen LogP contribution in [-0.4, -0.2) is 41.0 Å². The summed E-state index contributed by atoms with van der Waals surface area (Å²) >= 11 is 0. The van der Waals surface area contributed by atoms with Gasteiger partial charge in [0.1, 0.15) is 0 Å². The maximum absolute atomic E-state index is 5.84. The van der Waals surface area contributed by atoms with E-state index in [2.05, 4.69) is 59.9 Å². The molecule has 2 atom stereocenters. The van der Waals surface area contributed by atoms with Crippen molar-refractivity contribution < 1.29 is 0 Å². The van der Waals surface area contributed by atoms with Crippen molar-refractivity contribution in [2.24, 2.45) is 0 Å². The number of piperidine rings is 1. The zero-order valence-corrected chi connectivity index (χ0v) is 13.3. The number of terminal acetylenes is 1. The van der Waals surface area contributed by atoms with Crippen LogP contribution in [0.3, 0.4) is 0 Å². The van der Waals surface area contributed by atoms with E-state index in [-0.39, 0.29) is 5.54 Å². The van der Waals surface area contributed by atoms with Gasteiger partial charge in [0.2, 0.25) is 0 Å². The number of benzene rings is 1. The Balaban J connectivity index is 1.92. The Kier molecular flexibility index (Phi) is 4.06. The molecule has 2 saturated heterocycles. The summed E-state index contributed by atoms with van der Waals surface area (Å²) in [5, 5.41) is 0. The predicted molar refractivity (Wildman–Crippen MR) is 88.0 cm³/mol. The van der Waals surface area contributed by atoms with Crippen molar-refractivity contribution in [3.8, 4) is 12.3 Å². The maximum Gasteiger partial charge on any atom is 0.0772 e. The summed E-state index contributed by atoms with van der Waals surface area (Å²) in [7, 11) is 0. The van der Waals surface area contributed by atoms with Crippen LogP contribution in [0.2, 0.25) is 0 Å². The van der Waals surface area contributed by atoms with Gasteiger partial charge in [-0.15, -0.1) is 6.42 Å². The second kappa shape index (κ2) is 5.83. The fraction of sp³-hybridized carbons (Fsp3) is 0.579. The van der Waals surface area contributed by atoms with E-state index in [1.165, 1.54) is 31.4 Å². The molecule has 0 aliphatic carbocycles. The number of hydrogen-bond donors (Lipinski definition) is 0. The molecule has 2 aliphatic heterocycles. The summed E-state index contributed by atoms with van der Waals surface area (Å²) < 4.78 is 0. The highest BCUT2D eigenvalue weighted by molar-refractivity contribution is 5.23. The van der Waals surface area contributed by atoms with Crippen LogP contribution in [0.5, 0.6) is 0 Å². The third-order valence-electron chi connectivity index (χ3n) is 5.20. The molecule has 2 heteroatoms. The average Bonchev–Trinajstić information content (AvgIpc) is 2.54. The topological polar surface area (TPSA) is 6.48 Å². The van der Waals surface area contributed by atoms with Crippen molar-refractivity contribution in [1.82, 2.24) is 9.80 Å². The lowest BCUT2D eigenvalue weighted by Gasteiger charge is -2.52. The molecular formula is C19H26N2. The lowest BCUT2D eigenvalue weighted by molar-refractivity contribution is -0.0256. The molecule has 0 saturated carbocycles. The van der Waals surface area contributed by atoms with Gasteiger partial charge in [-0.05, 0) is 38.8 Å². The van der Waals surface area contributed by atoms with Gasteiger partial charge >= 0.3 is 0 Å². The van der Waals surface area contributed by atoms with E-state index in [1.54, 1.807) is 0 Å². The van der Waals surface area contributed by atoms with Gasteiger partial charge in [0.05, 0.1) is 5.54 Å². The van der Waals surface area contributed by atoms with E-state index in [0.717, 1.165) is 13.1 Å². The zero-order chi connectivity index (χ0) is 14.9. The highest BCUT2D eigenvalue weighted by Gasteiger charge is 2.41. The Hall–Kier alpha value is -1.30. The fourth-order valence-corrected chi connectivity index (χ4v) is 3.84. The second-order valence-electron chi connectivity index (χ2n) is 6.93. The van der Waals surface area contributed by atoms with Crippen molar-refractivity contribution in [2.75, 3.05) is 19.6 Å². The normalized spacial score (nSPS) is 27.9. The molecule has 1 aromatic carbocycles. The van der Waals surface area contributed by atoms with Gasteiger partial charge in [-0.1, -0.05) is 42.7 Å². The number of hydrogen-bond acceptors (Lipinski definition) is 2. The summed E-state index contributed by atoms with van der Waals surface area (Å²) in [5.74, 6) is 3.01. The molecule has 0 N–H and O–H groups in total. The lowest BCUT2D eigenvalue weighted by atomic mass is 9.89. The molecule has 2 aliphatic rings. The minimum Gasteiger partial charge on any atom is -0.297 e. The minimum atomic E-state index is -0.190. The quantitative estimate of drug-likeness (QED) is 0.768. The Labute approximate surface area is 129 Å². The highest BCUT2D eigenvalue weighted by atomic mass is 15.3. The van der Waals surface area contributed by atoms with Crippen LogP contribution in [0.25, 0.3) is 0 Å². The monoisotopic (exact) mass is 282 g/mol. The molecule has 21 heavy (non-hydrogen) atoms. The van der Waals surface area contributed by atoms with E-state index in [4.69, 9.17) is 6.42 Å². The van der Waals surface area contributed by atoms with Crippen LogP contribution in [0.4, 0.5) is 0 Å². The Morgan fingerprint density at radius 3 is 2.62 bits per heavy atom. The van der Waals surface area contributed by atoms with Crippen molar-refractivity contribution in [3.05, 3.63) is 35.9 Å². The summed E-state index contributed by atoms with van der Waals surface area (Å²) in [4.78, 5) is 5.24. The first-order chi connectivity index (χ1) is 10.1. The molecule has 1 aromatic rings. The Morgan fingerprint density at radius 2 is 1.90 bits per heavy atom. The van der Waals surface area contributed by atoms with Crippen LogP contribution in [0.15, 0.2) is 30.3 Å². The standard InChI is InChI=1S/C19H26N2/c1-4-19(2,3)21-14-17-12-8-9-13-20(17)15-18(21)16-10-6-5-7-11-16/h1,5-7,10-11,17-18H,8-9,12-15H2,2-3H3. The number of nitrogens with zero attached hydrogens (tertiary/aromatic N) is 2. The second-order valence-corrected chi connectivity index (χ2v) is 6.93. The molecule has 0 radical (unpaired) electrons. The van der Waals surface area contributed by atoms with Crippen LogP contribution < -0.4 is 0 Å². The summed E-state index contributed by atoms with van der Waals surface area (Å²) in [6, 6.07) is 11.9. The SMILES string of the molecule is C#CC(C)(C)N1CC2CCCCN2CC1c1ccccc1. The van der Waals surface area contributed by atoms with Crippen molar-refractivity contribution in [3.63, 3.8) is 0 Å². The van der Waals surface area contributed by atoms with Crippen LogP contribution in [-0.2, 0) is 0 Å². The van der Waals surface area contributed by atoms with Gasteiger partial charge in [0.25, 0.3) is 0 Å². The van der Waals surface area contributed by atoms with E-state index >= 15 is 0 Å². The van der Waals surface area contributed by atoms with E-state index in [1.807, 2.05) is 0 Å². The zero-order valence-electron chi connectivity index (χ0n) is 13.3. The first kappa shape index (κ1) is 14.6. The molecular weight excluding hydrogens is 256 g/mol. The summed E-state index contributed by atoms with van der Waals surface area (Å²) in [6.07, 6.45) is 9.86. The van der Waals surface area contributed by atoms with Crippen LogP contribution >= 0.6 is 0 Å². The van der Waals surface area contributed by atoms with Crippen molar-refractivity contribution in [1.29, 1.82) is 0 Å². The predicted octanol–water partition coefficient (Wildman–Crippen LogP) is 3.31. The first-order valence-electron chi connectivity index (χ1n) is 8.15. The molecule has 112 valence electrons. The summed E-state index contributed by atoms with van der Waals surface area (Å²) in [6.45, 7) is 7.82. The van der Waals surface area contributed by atoms with Gasteiger partial charge in [-0.3, -0.25) is 9.80 Å². The number of fused-ring (bicyclic) bond motifs is 1. The van der Waals surface area contributed by atoms with Gasteiger partial charge < -0.3 is 0 Å². The lowest BCUT2D eigenvalue weighted by Crippen LogP contribution is -2.60. The Bertz CT molecular complexity index is 514. The third-order valence-corrected chi connectivity index (χ3v) is 5.20. The highest BCUT2D eigenvalue weighted by Crippen LogP contribution is 2.36. The first-order valence-corrected chi connectivity index (χ1v) is 8.15. The van der Waals surface area contributed by atoms with Gasteiger partial charge in [-0.25, -0.2) is 0 Å². The van der Waals surface area contributed by atoms with Gasteiger partial charge in [-0.2, -0.15) is 0 Å². The number of piperazine rings is 1. The smallest absolute Gasteiger partial charge is 0.0772 e. The molecule has 2 fully saturated rings. The summed E-state index contributed by atoms with van der Waals surface area (Å²) in [5.41, 5.74) is 1.20. The molecule has 3 rings (SSSR count). The molecule has 2 heterocycles. The van der Waals surface area contributed by atoms with E-state index in [0.29, 0.717) is 12.1 Å². The van der Waals surface area contributed by atoms with Crippen molar-refractivity contribution in [2.45, 2.75) is 50.7 Å². The maximum atomic E-state index is 5.84. The van der Waals surface area contributed by atoms with Gasteiger partial charge in [0.15, 0.2) is 0 Å². The largest absolute Gasteiger partial charge is 0.297 e. The van der Waals surface area contributed by atoms with E-state index in [9.17, 15) is 0 Å². The molecule has 0 bridgehead atoms. The fourth-order valence-electron chi connectivity index (χ4n) is 3.84. The van der Waals surface area contributed by atoms with Gasteiger partial charge in [0, 0.05) is 25.2 Å². The Morgan fingerprint density at radius 1 is 1.14 bits per heavy atom. The molecule has 0 aromatic heterocycles. The third kappa shape index (κ3) is 2.86. The molecule has 0 amide bonds. The minimum absolute atomic E-state index is 0.190. The van der Waals surface area contributed by atoms with E-state index < -0.39 is 0 Å². The molecule has 2 nitrogen and oxygen atoms in total. The average molecular weight is 282 g/mol. The van der Waals surface area contributed by atoms with Crippen molar-refractivity contribution >= 4 is 0 Å². The van der Waals surface area contributed by atoms with Crippen LogP contribution in [0, 0.1) is 12.3 Å².